The fourth-order valence-electron chi connectivity index (χ4n) is 2.43. The van der Waals surface area contributed by atoms with Crippen molar-refractivity contribution in [2.24, 2.45) is 23.5 Å². The number of fused-ring (bicyclic) bond motifs is 1. The summed E-state index contributed by atoms with van der Waals surface area (Å²) in [5, 5.41) is 14.5. The van der Waals surface area contributed by atoms with Crippen LogP contribution in [0.25, 0.3) is 10.9 Å². The largest absolute Gasteiger partial charge is 0.504 e. The Morgan fingerprint density at radius 3 is 2.62 bits per heavy atom. The van der Waals surface area contributed by atoms with Gasteiger partial charge in [0.1, 0.15) is 6.26 Å². The number of aromatic nitrogens is 4. The molecule has 10 nitrogen and oxygen atoms in total. The van der Waals surface area contributed by atoms with E-state index in [0.717, 1.165) is 23.0 Å². The van der Waals surface area contributed by atoms with Crippen LogP contribution in [0.3, 0.4) is 0 Å². The van der Waals surface area contributed by atoms with Crippen LogP contribution in [0.2, 0.25) is 0 Å². The Bertz CT molecular complexity index is 1050. The van der Waals surface area contributed by atoms with Gasteiger partial charge in [-0.1, -0.05) is 6.92 Å². The number of aliphatic hydroxyl groups is 1. The van der Waals surface area contributed by atoms with E-state index >= 15 is 0 Å². The van der Waals surface area contributed by atoms with E-state index in [1.165, 1.54) is 12.5 Å². The van der Waals surface area contributed by atoms with Gasteiger partial charge in [0.15, 0.2) is 17.2 Å². The number of aliphatic imine (C=N–C) groups is 1. The number of hydrogen-bond donors (Lipinski definition) is 3. The van der Waals surface area contributed by atoms with Gasteiger partial charge >= 0.3 is 0 Å². The van der Waals surface area contributed by atoms with Gasteiger partial charge in [-0.05, 0) is 26.3 Å². The maximum atomic E-state index is 11.1. The average Bonchev–Trinajstić information content (AvgIpc) is 3.31. The van der Waals surface area contributed by atoms with E-state index in [4.69, 9.17) is 15.9 Å². The minimum Gasteiger partial charge on any atom is -0.504 e. The van der Waals surface area contributed by atoms with Crippen LogP contribution in [-0.2, 0) is 7.05 Å². The minimum atomic E-state index is -0.513. The van der Waals surface area contributed by atoms with E-state index < -0.39 is 5.91 Å². The third kappa shape index (κ3) is 5.18. The SMILES string of the molecule is CCCN=C(/C(O)=C(/C)N)c1ncco1.Cc1cc2c(C(N)=O)nn(C)c2cn1. The Kier molecular flexibility index (Phi) is 7.07. The number of carbonyl (C=O) groups is 1. The topological polar surface area (TPSA) is 158 Å². The van der Waals surface area contributed by atoms with Crippen molar-refractivity contribution in [3.05, 3.63) is 53.5 Å². The van der Waals surface area contributed by atoms with Crippen LogP contribution in [-0.4, -0.2) is 43.0 Å². The number of aryl methyl sites for hydroxylation is 2. The molecule has 5 N–H and O–H groups in total. The molecular weight excluding hydrogens is 374 g/mol. The molecule has 0 aliphatic rings. The second-order valence-corrected chi connectivity index (χ2v) is 6.28. The molecule has 1 amide bonds. The summed E-state index contributed by atoms with van der Waals surface area (Å²) in [4.78, 5) is 23.3. The third-order valence-electron chi connectivity index (χ3n) is 3.83. The van der Waals surface area contributed by atoms with Gasteiger partial charge in [-0.3, -0.25) is 19.5 Å². The second kappa shape index (κ2) is 9.49. The first-order valence-corrected chi connectivity index (χ1v) is 8.95. The molecule has 0 saturated carbocycles. The molecule has 0 saturated heterocycles. The van der Waals surface area contributed by atoms with Crippen LogP contribution in [0.4, 0.5) is 0 Å². The highest BCUT2D eigenvalue weighted by molar-refractivity contribution is 6.08. The van der Waals surface area contributed by atoms with Crippen LogP contribution in [0.5, 0.6) is 0 Å². The van der Waals surface area contributed by atoms with E-state index in [9.17, 15) is 9.90 Å². The maximum Gasteiger partial charge on any atom is 0.269 e. The van der Waals surface area contributed by atoms with Gasteiger partial charge in [-0.15, -0.1) is 0 Å². The number of nitrogens with two attached hydrogens (primary N) is 2. The number of primary amides is 1. The van der Waals surface area contributed by atoms with Crippen molar-refractivity contribution in [1.29, 1.82) is 0 Å². The van der Waals surface area contributed by atoms with Crippen LogP contribution in [0, 0.1) is 6.92 Å². The van der Waals surface area contributed by atoms with Crippen molar-refractivity contribution < 1.29 is 14.3 Å². The van der Waals surface area contributed by atoms with Crippen LogP contribution >= 0.6 is 0 Å². The molecule has 0 radical (unpaired) electrons. The highest BCUT2D eigenvalue weighted by Gasteiger charge is 2.15. The van der Waals surface area contributed by atoms with Gasteiger partial charge in [0.25, 0.3) is 5.91 Å². The molecule has 0 aliphatic carbocycles. The van der Waals surface area contributed by atoms with Crippen molar-refractivity contribution >= 4 is 22.5 Å². The summed E-state index contributed by atoms with van der Waals surface area (Å²) in [5.74, 6) is -0.308. The summed E-state index contributed by atoms with van der Waals surface area (Å²) in [6.07, 6.45) is 5.48. The molecule has 3 heterocycles. The quantitative estimate of drug-likeness (QED) is 0.437. The molecule has 154 valence electrons. The van der Waals surface area contributed by atoms with Gasteiger partial charge in [0, 0.05) is 30.4 Å². The zero-order valence-electron chi connectivity index (χ0n) is 16.9. The lowest BCUT2D eigenvalue weighted by Crippen LogP contribution is -2.12. The van der Waals surface area contributed by atoms with Gasteiger partial charge in [-0.25, -0.2) is 4.98 Å². The molecule has 0 aliphatic heterocycles. The first-order chi connectivity index (χ1) is 13.8. The summed E-state index contributed by atoms with van der Waals surface area (Å²) in [6.45, 7) is 6.04. The third-order valence-corrected chi connectivity index (χ3v) is 3.83. The number of hydrogen-bond acceptors (Lipinski definition) is 8. The van der Waals surface area contributed by atoms with Gasteiger partial charge in [0.2, 0.25) is 5.89 Å². The molecule has 10 heteroatoms. The predicted molar refractivity (Wildman–Crippen MR) is 109 cm³/mol. The lowest BCUT2D eigenvalue weighted by molar-refractivity contribution is 0.0996. The summed E-state index contributed by atoms with van der Waals surface area (Å²) >= 11 is 0. The van der Waals surface area contributed by atoms with Crippen molar-refractivity contribution in [3.8, 4) is 0 Å². The number of carbonyl (C=O) groups excluding carboxylic acids is 1. The number of pyridine rings is 1. The molecule has 3 rings (SSSR count). The van der Waals surface area contributed by atoms with Crippen molar-refractivity contribution in [2.45, 2.75) is 27.2 Å². The first-order valence-electron chi connectivity index (χ1n) is 8.95. The fourth-order valence-corrected chi connectivity index (χ4v) is 2.43. The molecular formula is C19H25N7O3. The van der Waals surface area contributed by atoms with E-state index in [1.54, 1.807) is 24.9 Å². The number of allylic oxidation sites excluding steroid dienone is 2. The normalized spacial score (nSPS) is 12.3. The van der Waals surface area contributed by atoms with Gasteiger partial charge in [-0.2, -0.15) is 5.10 Å². The van der Waals surface area contributed by atoms with Crippen LogP contribution in [0.15, 0.2) is 45.6 Å². The van der Waals surface area contributed by atoms with Crippen LogP contribution in [0.1, 0.15) is 42.3 Å². The Morgan fingerprint density at radius 2 is 2.07 bits per heavy atom. The smallest absolute Gasteiger partial charge is 0.269 e. The summed E-state index contributed by atoms with van der Waals surface area (Å²) < 4.78 is 6.67. The number of rotatable bonds is 5. The maximum absolute atomic E-state index is 11.1. The van der Waals surface area contributed by atoms with Crippen molar-refractivity contribution in [2.75, 3.05) is 6.54 Å². The minimum absolute atomic E-state index is 0.0779. The highest BCUT2D eigenvalue weighted by atomic mass is 16.3. The Balaban J connectivity index is 0.000000207. The Morgan fingerprint density at radius 1 is 1.34 bits per heavy atom. The van der Waals surface area contributed by atoms with E-state index in [1.807, 2.05) is 19.9 Å². The molecule has 0 aromatic carbocycles. The van der Waals surface area contributed by atoms with Gasteiger partial charge in [0.05, 0.1) is 17.9 Å². The molecule has 0 unspecified atom stereocenters. The molecule has 3 aromatic rings. The van der Waals surface area contributed by atoms with E-state index in [2.05, 4.69) is 20.1 Å². The van der Waals surface area contributed by atoms with Gasteiger partial charge < -0.3 is 21.0 Å². The lowest BCUT2D eigenvalue weighted by Gasteiger charge is -2.03. The zero-order valence-corrected chi connectivity index (χ0v) is 16.9. The van der Waals surface area contributed by atoms with Crippen molar-refractivity contribution in [3.63, 3.8) is 0 Å². The Labute approximate surface area is 168 Å². The molecule has 0 atom stereocenters. The predicted octanol–water partition coefficient (Wildman–Crippen LogP) is 2.00. The standard InChI is InChI=1S/C10H15N3O2.C9H10N4O/c1-3-4-12-8(9(14)7(2)11)10-13-5-6-15-10;1-5-3-6-7(4-11-5)13(2)12-8(6)9(10)14/h5-6,14H,3-4,11H2,1-2H3;3-4H,1-2H3,(H2,10,14)/b9-7+,12-8?;. The molecule has 29 heavy (non-hydrogen) atoms. The van der Waals surface area contributed by atoms with E-state index in [-0.39, 0.29) is 11.6 Å². The summed E-state index contributed by atoms with van der Waals surface area (Å²) in [5.41, 5.74) is 13.3. The van der Waals surface area contributed by atoms with Crippen LogP contribution < -0.4 is 11.5 Å². The first kappa shape index (κ1) is 21.6. The second-order valence-electron chi connectivity index (χ2n) is 6.28. The molecule has 3 aromatic heterocycles. The van der Waals surface area contributed by atoms with Crippen molar-refractivity contribution in [1.82, 2.24) is 19.7 Å². The fraction of sp³-hybridized carbons (Fsp3) is 0.316. The lowest BCUT2D eigenvalue weighted by atomic mass is 10.2. The number of aliphatic hydroxyl groups excluding tert-OH is 1. The number of amides is 1. The molecule has 0 bridgehead atoms. The summed E-state index contributed by atoms with van der Waals surface area (Å²) in [6, 6.07) is 1.81. The highest BCUT2D eigenvalue weighted by Crippen LogP contribution is 2.17. The average molecular weight is 399 g/mol. The van der Waals surface area contributed by atoms with E-state index in [0.29, 0.717) is 23.6 Å². The Hall–Kier alpha value is -3.69. The number of oxazole rings is 1. The number of nitrogens with zero attached hydrogens (tertiary/aromatic N) is 5. The molecule has 0 spiro atoms. The monoisotopic (exact) mass is 399 g/mol. The summed E-state index contributed by atoms with van der Waals surface area (Å²) in [7, 11) is 1.76. The zero-order chi connectivity index (χ0) is 21.6. The molecule has 0 fully saturated rings.